The van der Waals surface area contributed by atoms with Crippen molar-refractivity contribution in [1.82, 2.24) is 9.47 Å². The van der Waals surface area contributed by atoms with Gasteiger partial charge in [-0.15, -0.1) is 0 Å². The first kappa shape index (κ1) is 15.1. The highest BCUT2D eigenvalue weighted by Crippen LogP contribution is 2.41. The van der Waals surface area contributed by atoms with E-state index in [1.807, 2.05) is 0 Å². The summed E-state index contributed by atoms with van der Waals surface area (Å²) in [6.45, 7) is 7.13. The second-order valence-corrected chi connectivity index (χ2v) is 6.94. The Morgan fingerprint density at radius 2 is 2.15 bits per heavy atom. The zero-order valence-corrected chi connectivity index (χ0v) is 13.2. The summed E-state index contributed by atoms with van der Waals surface area (Å²) in [7, 11) is 3.57. The Balaban J connectivity index is 2.25. The van der Waals surface area contributed by atoms with E-state index in [-0.39, 0.29) is 17.4 Å². The summed E-state index contributed by atoms with van der Waals surface area (Å²) >= 11 is 0. The third kappa shape index (κ3) is 2.90. The molecule has 1 aliphatic carbocycles. The van der Waals surface area contributed by atoms with Crippen LogP contribution in [0.2, 0.25) is 0 Å². The van der Waals surface area contributed by atoms with Crippen molar-refractivity contribution in [3.05, 3.63) is 23.0 Å². The zero-order chi connectivity index (χ0) is 15.1. The zero-order valence-electron chi connectivity index (χ0n) is 13.2. The Bertz CT molecular complexity index is 515. The minimum Gasteiger partial charge on any atom is -0.388 e. The van der Waals surface area contributed by atoms with Crippen molar-refractivity contribution in [1.29, 1.82) is 0 Å². The van der Waals surface area contributed by atoms with Gasteiger partial charge in [0.05, 0.1) is 6.10 Å². The van der Waals surface area contributed by atoms with Gasteiger partial charge in [0.15, 0.2) is 0 Å². The minimum atomic E-state index is -0.377. The maximum Gasteiger partial charge on any atom is 0.223 e. The van der Waals surface area contributed by atoms with Crippen LogP contribution in [0.25, 0.3) is 0 Å². The van der Waals surface area contributed by atoms with Gasteiger partial charge >= 0.3 is 0 Å². The molecule has 0 aliphatic heterocycles. The molecule has 1 unspecified atom stereocenters. The molecule has 0 spiro atoms. The monoisotopic (exact) mass is 278 g/mol. The van der Waals surface area contributed by atoms with Gasteiger partial charge in [0, 0.05) is 44.0 Å². The summed E-state index contributed by atoms with van der Waals surface area (Å²) in [4.78, 5) is 13.4. The van der Waals surface area contributed by atoms with E-state index in [0.29, 0.717) is 13.0 Å². The third-order valence-electron chi connectivity index (χ3n) is 4.25. The lowest BCUT2D eigenvalue weighted by Crippen LogP contribution is -2.28. The lowest BCUT2D eigenvalue weighted by Gasteiger charge is -2.34. The van der Waals surface area contributed by atoms with E-state index in [2.05, 4.69) is 31.4 Å². The van der Waals surface area contributed by atoms with Crippen LogP contribution in [0.3, 0.4) is 0 Å². The Kier molecular flexibility index (Phi) is 3.96. The van der Waals surface area contributed by atoms with Crippen LogP contribution in [-0.4, -0.2) is 34.6 Å². The number of carbonyl (C=O) groups is 1. The second kappa shape index (κ2) is 5.24. The van der Waals surface area contributed by atoms with Gasteiger partial charge in [0.2, 0.25) is 5.91 Å². The number of aliphatic hydroxyl groups excluding tert-OH is 1. The molecule has 4 nitrogen and oxygen atoms in total. The van der Waals surface area contributed by atoms with Crippen LogP contribution in [0.4, 0.5) is 0 Å². The van der Waals surface area contributed by atoms with Gasteiger partial charge in [-0.1, -0.05) is 13.8 Å². The molecule has 0 fully saturated rings. The summed E-state index contributed by atoms with van der Waals surface area (Å²) in [6.07, 6.45) is 1.90. The first-order valence-electron chi connectivity index (χ1n) is 7.28. The standard InChI is InChI=1S/C16H26N2O2/c1-11-8-12-13(9-16(2,3)10-14(12)19)18(11)7-6-15(20)17(4)5/h8,14,19H,6-7,9-10H2,1-5H3. The molecular formula is C16H26N2O2. The van der Waals surface area contributed by atoms with Gasteiger partial charge in [-0.25, -0.2) is 0 Å². The number of aryl methyl sites for hydroxylation is 1. The van der Waals surface area contributed by atoms with E-state index in [9.17, 15) is 9.90 Å². The molecule has 4 heteroatoms. The number of carbonyl (C=O) groups excluding carboxylic acids is 1. The van der Waals surface area contributed by atoms with Crippen LogP contribution < -0.4 is 0 Å². The van der Waals surface area contributed by atoms with Crippen LogP contribution in [0.15, 0.2) is 6.07 Å². The number of nitrogens with zero attached hydrogens (tertiary/aromatic N) is 2. The average Bonchev–Trinajstić information content (AvgIpc) is 2.61. The molecule has 1 aromatic rings. The first-order chi connectivity index (χ1) is 9.21. The van der Waals surface area contributed by atoms with Crippen molar-refractivity contribution in [2.45, 2.75) is 52.7 Å². The molecule has 112 valence electrons. The molecule has 0 saturated carbocycles. The second-order valence-electron chi connectivity index (χ2n) is 6.94. The smallest absolute Gasteiger partial charge is 0.223 e. The Hall–Kier alpha value is -1.29. The highest BCUT2D eigenvalue weighted by Gasteiger charge is 2.34. The van der Waals surface area contributed by atoms with Crippen LogP contribution in [-0.2, 0) is 17.8 Å². The van der Waals surface area contributed by atoms with E-state index in [1.165, 1.54) is 5.69 Å². The van der Waals surface area contributed by atoms with Gasteiger partial charge in [0.25, 0.3) is 0 Å². The fraction of sp³-hybridized carbons (Fsp3) is 0.688. The van der Waals surface area contributed by atoms with Gasteiger partial charge < -0.3 is 14.6 Å². The number of aromatic nitrogens is 1. The number of hydrogen-bond donors (Lipinski definition) is 1. The molecule has 1 amide bonds. The molecular weight excluding hydrogens is 252 g/mol. The van der Waals surface area contributed by atoms with E-state index in [1.54, 1.807) is 19.0 Å². The maximum atomic E-state index is 11.8. The van der Waals surface area contributed by atoms with Crippen molar-refractivity contribution in [3.8, 4) is 0 Å². The molecule has 20 heavy (non-hydrogen) atoms. The molecule has 1 heterocycles. The number of fused-ring (bicyclic) bond motifs is 1. The number of rotatable bonds is 3. The van der Waals surface area contributed by atoms with E-state index in [0.717, 1.165) is 24.1 Å². The molecule has 0 radical (unpaired) electrons. The fourth-order valence-electron chi connectivity index (χ4n) is 3.14. The molecule has 0 saturated heterocycles. The van der Waals surface area contributed by atoms with Gasteiger partial charge in [-0.2, -0.15) is 0 Å². The Morgan fingerprint density at radius 3 is 2.75 bits per heavy atom. The van der Waals surface area contributed by atoms with Crippen LogP contribution in [0.1, 0.15) is 49.7 Å². The van der Waals surface area contributed by atoms with E-state index < -0.39 is 0 Å². The average molecular weight is 278 g/mol. The topological polar surface area (TPSA) is 45.5 Å². The van der Waals surface area contributed by atoms with Crippen molar-refractivity contribution >= 4 is 5.91 Å². The summed E-state index contributed by atoms with van der Waals surface area (Å²) in [5.41, 5.74) is 3.51. The van der Waals surface area contributed by atoms with Crippen LogP contribution >= 0.6 is 0 Å². The Morgan fingerprint density at radius 1 is 1.50 bits per heavy atom. The SMILES string of the molecule is Cc1cc2c(n1CCC(=O)N(C)C)CC(C)(C)CC2O. The summed E-state index contributed by atoms with van der Waals surface area (Å²) in [5, 5.41) is 10.3. The van der Waals surface area contributed by atoms with Crippen molar-refractivity contribution < 1.29 is 9.90 Å². The normalized spacial score (nSPS) is 20.6. The van der Waals surface area contributed by atoms with Gasteiger partial charge in [0.1, 0.15) is 0 Å². The third-order valence-corrected chi connectivity index (χ3v) is 4.25. The van der Waals surface area contributed by atoms with Crippen molar-refractivity contribution in [3.63, 3.8) is 0 Å². The largest absolute Gasteiger partial charge is 0.388 e. The van der Waals surface area contributed by atoms with Gasteiger partial charge in [-0.05, 0) is 31.2 Å². The van der Waals surface area contributed by atoms with Crippen molar-refractivity contribution in [2.24, 2.45) is 5.41 Å². The fourth-order valence-corrected chi connectivity index (χ4v) is 3.14. The molecule has 1 atom stereocenters. The molecule has 0 aromatic carbocycles. The molecule has 1 N–H and O–H groups in total. The highest BCUT2D eigenvalue weighted by atomic mass is 16.3. The molecule has 1 aromatic heterocycles. The molecule has 0 bridgehead atoms. The lowest BCUT2D eigenvalue weighted by atomic mass is 9.75. The number of aliphatic hydroxyl groups is 1. The van der Waals surface area contributed by atoms with Gasteiger partial charge in [-0.3, -0.25) is 4.79 Å². The van der Waals surface area contributed by atoms with Crippen molar-refractivity contribution in [2.75, 3.05) is 14.1 Å². The summed E-state index contributed by atoms with van der Waals surface area (Å²) < 4.78 is 2.21. The highest BCUT2D eigenvalue weighted by molar-refractivity contribution is 5.75. The van der Waals surface area contributed by atoms with Crippen LogP contribution in [0, 0.1) is 12.3 Å². The first-order valence-corrected chi connectivity index (χ1v) is 7.28. The maximum absolute atomic E-state index is 11.8. The lowest BCUT2D eigenvalue weighted by molar-refractivity contribution is -0.128. The molecule has 2 rings (SSSR count). The van der Waals surface area contributed by atoms with E-state index in [4.69, 9.17) is 0 Å². The predicted octanol–water partition coefficient (Wildman–Crippen LogP) is 2.28. The number of hydrogen-bond acceptors (Lipinski definition) is 2. The van der Waals surface area contributed by atoms with E-state index >= 15 is 0 Å². The van der Waals surface area contributed by atoms with Crippen LogP contribution in [0.5, 0.6) is 0 Å². The minimum absolute atomic E-state index is 0.112. The summed E-state index contributed by atoms with van der Waals surface area (Å²) in [5.74, 6) is 0.141. The predicted molar refractivity (Wildman–Crippen MR) is 79.5 cm³/mol. The number of amides is 1. The summed E-state index contributed by atoms with van der Waals surface area (Å²) in [6, 6.07) is 2.08. The quantitative estimate of drug-likeness (QED) is 0.922. The Labute approximate surface area is 121 Å². The molecule has 1 aliphatic rings.